The number of hydrogen-bond acceptors (Lipinski definition) is 3. The lowest BCUT2D eigenvalue weighted by atomic mass is 10.0. The molecule has 1 aliphatic heterocycles. The molecule has 2 rings (SSSR count). The summed E-state index contributed by atoms with van der Waals surface area (Å²) in [4.78, 5) is 12.6. The molecule has 26 heavy (non-hydrogen) atoms. The molecule has 0 radical (unpaired) electrons. The maximum absolute atomic E-state index is 12.6. The second-order valence-electron chi connectivity index (χ2n) is 7.69. The molecular formula is C20H32N2O3S. The Labute approximate surface area is 158 Å². The molecule has 0 bridgehead atoms. The van der Waals surface area contributed by atoms with Gasteiger partial charge in [0.05, 0.1) is 4.90 Å². The van der Waals surface area contributed by atoms with Gasteiger partial charge in [-0.15, -0.1) is 0 Å². The lowest BCUT2D eigenvalue weighted by Crippen LogP contribution is -2.35. The molecule has 0 saturated carbocycles. The zero-order chi connectivity index (χ0) is 19.2. The second kappa shape index (κ2) is 9.51. The van der Waals surface area contributed by atoms with E-state index in [4.69, 9.17) is 0 Å². The first-order valence-corrected chi connectivity index (χ1v) is 11.2. The minimum Gasteiger partial charge on any atom is -0.350 e. The van der Waals surface area contributed by atoms with Gasteiger partial charge in [0.25, 0.3) is 5.91 Å². The molecule has 0 unspecified atom stereocenters. The van der Waals surface area contributed by atoms with E-state index in [1.165, 1.54) is 0 Å². The highest BCUT2D eigenvalue weighted by Gasteiger charge is 2.26. The van der Waals surface area contributed by atoms with Crippen LogP contribution in [0.5, 0.6) is 0 Å². The molecule has 146 valence electrons. The van der Waals surface area contributed by atoms with Gasteiger partial charge in [-0.1, -0.05) is 33.1 Å². The number of nitrogens with one attached hydrogen (secondary N) is 1. The number of rotatable bonds is 8. The van der Waals surface area contributed by atoms with Gasteiger partial charge < -0.3 is 5.32 Å². The Morgan fingerprint density at radius 2 is 1.65 bits per heavy atom. The first-order valence-electron chi connectivity index (χ1n) is 9.72. The minimum absolute atomic E-state index is 0.109. The zero-order valence-corrected chi connectivity index (χ0v) is 17.0. The summed E-state index contributed by atoms with van der Waals surface area (Å²) in [6, 6.07) is 6.41. The summed E-state index contributed by atoms with van der Waals surface area (Å²) in [5.74, 6) is 0.524. The molecule has 1 aliphatic rings. The van der Waals surface area contributed by atoms with Crippen LogP contribution < -0.4 is 5.32 Å². The van der Waals surface area contributed by atoms with Crippen LogP contribution in [0.3, 0.4) is 0 Å². The van der Waals surface area contributed by atoms with Crippen molar-refractivity contribution in [3.63, 3.8) is 0 Å². The van der Waals surface area contributed by atoms with Gasteiger partial charge in [0.15, 0.2) is 0 Å². The molecular weight excluding hydrogens is 348 g/mol. The number of nitrogens with zero attached hydrogens (tertiary/aromatic N) is 1. The van der Waals surface area contributed by atoms with Gasteiger partial charge in [-0.3, -0.25) is 4.79 Å². The van der Waals surface area contributed by atoms with Crippen LogP contribution >= 0.6 is 0 Å². The van der Waals surface area contributed by atoms with E-state index in [9.17, 15) is 13.2 Å². The number of sulfonamides is 1. The lowest BCUT2D eigenvalue weighted by Gasteiger charge is -2.25. The molecule has 6 heteroatoms. The summed E-state index contributed by atoms with van der Waals surface area (Å²) in [5.41, 5.74) is 0.498. The molecule has 1 N–H and O–H groups in total. The molecule has 0 spiro atoms. The molecule has 1 aromatic rings. The molecule has 0 aliphatic carbocycles. The molecule has 1 atom stereocenters. The van der Waals surface area contributed by atoms with Crippen LogP contribution in [0.2, 0.25) is 0 Å². The second-order valence-corrected chi connectivity index (χ2v) is 9.63. The fourth-order valence-corrected chi connectivity index (χ4v) is 4.76. The topological polar surface area (TPSA) is 66.5 Å². The average molecular weight is 381 g/mol. The third kappa shape index (κ3) is 5.81. The van der Waals surface area contributed by atoms with Crippen LogP contribution in [0.1, 0.15) is 69.7 Å². The van der Waals surface area contributed by atoms with E-state index in [2.05, 4.69) is 19.2 Å². The van der Waals surface area contributed by atoms with E-state index in [1.54, 1.807) is 28.6 Å². The van der Waals surface area contributed by atoms with E-state index in [-0.39, 0.29) is 16.8 Å². The Balaban J connectivity index is 1.94. The summed E-state index contributed by atoms with van der Waals surface area (Å²) in [6.45, 7) is 7.57. The Morgan fingerprint density at radius 1 is 1.04 bits per heavy atom. The molecule has 1 saturated heterocycles. The Kier molecular flexibility index (Phi) is 7.65. The standard InChI is InChI=1S/C20H32N2O3S/c1-16(2)8-7-9-17(3)21-20(23)18-10-12-19(13-11-18)26(24,25)22-14-5-4-6-15-22/h10-13,16-17H,4-9,14-15H2,1-3H3,(H,21,23)/t17-/m0/s1. The van der Waals surface area contributed by atoms with Crippen molar-refractivity contribution in [3.8, 4) is 0 Å². The summed E-state index contributed by atoms with van der Waals surface area (Å²) >= 11 is 0. The Morgan fingerprint density at radius 3 is 2.23 bits per heavy atom. The smallest absolute Gasteiger partial charge is 0.251 e. The fourth-order valence-electron chi connectivity index (χ4n) is 3.24. The van der Waals surface area contributed by atoms with Crippen LogP contribution in [-0.2, 0) is 10.0 Å². The van der Waals surface area contributed by atoms with E-state index in [0.29, 0.717) is 24.6 Å². The van der Waals surface area contributed by atoms with Gasteiger partial charge in [0.2, 0.25) is 10.0 Å². The van der Waals surface area contributed by atoms with E-state index < -0.39 is 10.0 Å². The summed E-state index contributed by atoms with van der Waals surface area (Å²) in [6.07, 6.45) is 6.10. The fraction of sp³-hybridized carbons (Fsp3) is 0.650. The first kappa shape index (κ1) is 20.9. The number of hydrogen-bond donors (Lipinski definition) is 1. The van der Waals surface area contributed by atoms with Crippen molar-refractivity contribution < 1.29 is 13.2 Å². The van der Waals surface area contributed by atoms with Crippen molar-refractivity contribution in [2.24, 2.45) is 5.92 Å². The normalized spacial score (nSPS) is 17.2. The number of amides is 1. The van der Waals surface area contributed by atoms with Crippen molar-refractivity contribution in [2.45, 2.75) is 70.2 Å². The predicted octanol–water partition coefficient (Wildman–Crippen LogP) is 3.81. The summed E-state index contributed by atoms with van der Waals surface area (Å²) < 4.78 is 26.8. The molecule has 1 fully saturated rings. The van der Waals surface area contributed by atoms with Gasteiger partial charge in [-0.2, -0.15) is 4.31 Å². The average Bonchev–Trinajstić information content (AvgIpc) is 2.62. The lowest BCUT2D eigenvalue weighted by molar-refractivity contribution is 0.0937. The monoisotopic (exact) mass is 380 g/mol. The Bertz CT molecular complexity index is 678. The van der Waals surface area contributed by atoms with Crippen LogP contribution in [0.15, 0.2) is 29.2 Å². The molecule has 1 heterocycles. The maximum atomic E-state index is 12.6. The largest absolute Gasteiger partial charge is 0.350 e. The van der Waals surface area contributed by atoms with Gasteiger partial charge in [0.1, 0.15) is 0 Å². The van der Waals surface area contributed by atoms with Crippen LogP contribution in [0.4, 0.5) is 0 Å². The third-order valence-electron chi connectivity index (χ3n) is 4.87. The quantitative estimate of drug-likeness (QED) is 0.746. The SMILES string of the molecule is CC(C)CCC[C@H](C)NC(=O)c1ccc(S(=O)(=O)N2CCCCC2)cc1. The maximum Gasteiger partial charge on any atom is 0.251 e. The summed E-state index contributed by atoms with van der Waals surface area (Å²) in [5, 5.41) is 2.99. The van der Waals surface area contributed by atoms with Crippen molar-refractivity contribution in [1.29, 1.82) is 0 Å². The van der Waals surface area contributed by atoms with Crippen LogP contribution in [-0.4, -0.2) is 37.8 Å². The third-order valence-corrected chi connectivity index (χ3v) is 6.78. The van der Waals surface area contributed by atoms with Crippen LogP contribution in [0, 0.1) is 5.92 Å². The number of benzene rings is 1. The van der Waals surface area contributed by atoms with Crippen molar-refractivity contribution in [1.82, 2.24) is 9.62 Å². The predicted molar refractivity (Wildman–Crippen MR) is 105 cm³/mol. The van der Waals surface area contributed by atoms with E-state index in [1.807, 2.05) is 6.92 Å². The van der Waals surface area contributed by atoms with Gasteiger partial charge in [-0.05, 0) is 56.4 Å². The number of carbonyl (C=O) groups excluding carboxylic acids is 1. The van der Waals surface area contributed by atoms with E-state index in [0.717, 1.165) is 38.5 Å². The number of piperidine rings is 1. The number of carbonyl (C=O) groups is 1. The van der Waals surface area contributed by atoms with Crippen LogP contribution in [0.25, 0.3) is 0 Å². The highest BCUT2D eigenvalue weighted by molar-refractivity contribution is 7.89. The van der Waals surface area contributed by atoms with Gasteiger partial charge in [0, 0.05) is 24.7 Å². The van der Waals surface area contributed by atoms with Crippen molar-refractivity contribution in [3.05, 3.63) is 29.8 Å². The minimum atomic E-state index is -3.45. The molecule has 5 nitrogen and oxygen atoms in total. The van der Waals surface area contributed by atoms with Crippen molar-refractivity contribution >= 4 is 15.9 Å². The zero-order valence-electron chi connectivity index (χ0n) is 16.2. The highest BCUT2D eigenvalue weighted by Crippen LogP contribution is 2.21. The highest BCUT2D eigenvalue weighted by atomic mass is 32.2. The van der Waals surface area contributed by atoms with Gasteiger partial charge >= 0.3 is 0 Å². The molecule has 1 aromatic carbocycles. The van der Waals surface area contributed by atoms with E-state index >= 15 is 0 Å². The molecule has 0 aromatic heterocycles. The summed E-state index contributed by atoms with van der Waals surface area (Å²) in [7, 11) is -3.45. The van der Waals surface area contributed by atoms with Gasteiger partial charge in [-0.25, -0.2) is 8.42 Å². The van der Waals surface area contributed by atoms with Crippen molar-refractivity contribution in [2.75, 3.05) is 13.1 Å². The molecule has 1 amide bonds. The first-order chi connectivity index (χ1) is 12.3. The Hall–Kier alpha value is -1.40.